The SMILES string of the molecule is Cc1ccsc1[C@@H]1S[C@H](C)C(=O)N1CCN(C(=O)CC(C)C)C(C)C. The van der Waals surface area contributed by atoms with Crippen LogP contribution in [-0.4, -0.2) is 46.0 Å². The quantitative estimate of drug-likeness (QED) is 0.706. The monoisotopic (exact) mass is 382 g/mol. The van der Waals surface area contributed by atoms with Gasteiger partial charge in [0.2, 0.25) is 11.8 Å². The van der Waals surface area contributed by atoms with Gasteiger partial charge in [0, 0.05) is 30.4 Å². The second kappa shape index (κ2) is 8.58. The van der Waals surface area contributed by atoms with Gasteiger partial charge >= 0.3 is 0 Å². The Balaban J connectivity index is 2.11. The van der Waals surface area contributed by atoms with E-state index < -0.39 is 0 Å². The highest BCUT2D eigenvalue weighted by Gasteiger charge is 2.39. The van der Waals surface area contributed by atoms with E-state index in [-0.39, 0.29) is 28.5 Å². The number of carbonyl (C=O) groups is 2. The second-order valence-corrected chi connectivity index (χ2v) is 9.78. The van der Waals surface area contributed by atoms with Crippen molar-refractivity contribution in [3.63, 3.8) is 0 Å². The maximum absolute atomic E-state index is 12.7. The summed E-state index contributed by atoms with van der Waals surface area (Å²) in [6.07, 6.45) is 0.560. The van der Waals surface area contributed by atoms with Crippen LogP contribution >= 0.6 is 23.1 Å². The third-order valence-corrected chi connectivity index (χ3v) is 7.06. The molecular weight excluding hydrogens is 352 g/mol. The molecule has 0 N–H and O–H groups in total. The number of nitrogens with zero attached hydrogens (tertiary/aromatic N) is 2. The van der Waals surface area contributed by atoms with Gasteiger partial charge in [-0.2, -0.15) is 0 Å². The van der Waals surface area contributed by atoms with Crippen molar-refractivity contribution in [1.82, 2.24) is 9.80 Å². The predicted octanol–water partition coefficient (Wildman–Crippen LogP) is 4.30. The summed E-state index contributed by atoms with van der Waals surface area (Å²) in [6.45, 7) is 13.5. The molecule has 1 aliphatic rings. The lowest BCUT2D eigenvalue weighted by atomic mass is 10.1. The minimum Gasteiger partial charge on any atom is -0.338 e. The minimum atomic E-state index is -0.0228. The molecule has 1 aromatic heterocycles. The summed E-state index contributed by atoms with van der Waals surface area (Å²) in [6, 6.07) is 2.26. The lowest BCUT2D eigenvalue weighted by Crippen LogP contribution is -2.44. The van der Waals surface area contributed by atoms with Gasteiger partial charge in [-0.25, -0.2) is 0 Å². The first-order valence-corrected chi connectivity index (χ1v) is 10.8. The smallest absolute Gasteiger partial charge is 0.236 e. The van der Waals surface area contributed by atoms with Crippen LogP contribution in [0.3, 0.4) is 0 Å². The zero-order valence-corrected chi connectivity index (χ0v) is 17.7. The molecule has 0 aromatic carbocycles. The second-order valence-electron chi connectivity index (χ2n) is 7.41. The van der Waals surface area contributed by atoms with Crippen LogP contribution in [0.15, 0.2) is 11.4 Å². The largest absolute Gasteiger partial charge is 0.338 e. The summed E-state index contributed by atoms with van der Waals surface area (Å²) >= 11 is 3.43. The molecule has 6 heteroatoms. The Hall–Kier alpha value is -1.01. The summed E-state index contributed by atoms with van der Waals surface area (Å²) in [4.78, 5) is 30.3. The Morgan fingerprint density at radius 1 is 1.32 bits per heavy atom. The van der Waals surface area contributed by atoms with Gasteiger partial charge in [-0.1, -0.05) is 13.8 Å². The van der Waals surface area contributed by atoms with Crippen LogP contribution in [0.4, 0.5) is 0 Å². The number of hydrogen-bond donors (Lipinski definition) is 0. The fraction of sp³-hybridized carbons (Fsp3) is 0.684. The van der Waals surface area contributed by atoms with Gasteiger partial charge in [-0.05, 0) is 50.6 Å². The number of amides is 2. The van der Waals surface area contributed by atoms with Crippen LogP contribution in [-0.2, 0) is 9.59 Å². The third kappa shape index (κ3) is 4.79. The first-order valence-electron chi connectivity index (χ1n) is 9.01. The number of aryl methyl sites for hydroxylation is 1. The molecule has 1 aliphatic heterocycles. The lowest BCUT2D eigenvalue weighted by Gasteiger charge is -2.31. The normalized spacial score (nSPS) is 20.8. The summed E-state index contributed by atoms with van der Waals surface area (Å²) in [7, 11) is 0. The number of carbonyl (C=O) groups excluding carboxylic acids is 2. The van der Waals surface area contributed by atoms with Crippen LogP contribution < -0.4 is 0 Å². The van der Waals surface area contributed by atoms with E-state index in [0.29, 0.717) is 25.4 Å². The fourth-order valence-corrected chi connectivity index (χ4v) is 5.65. The van der Waals surface area contributed by atoms with Gasteiger partial charge in [0.05, 0.1) is 5.25 Å². The maximum Gasteiger partial charge on any atom is 0.236 e. The van der Waals surface area contributed by atoms with Gasteiger partial charge < -0.3 is 9.80 Å². The van der Waals surface area contributed by atoms with Crippen molar-refractivity contribution < 1.29 is 9.59 Å². The molecule has 25 heavy (non-hydrogen) atoms. The Morgan fingerprint density at radius 2 is 2.00 bits per heavy atom. The summed E-state index contributed by atoms with van der Waals surface area (Å²) in [5, 5.41) is 2.14. The van der Waals surface area contributed by atoms with Gasteiger partial charge in [-0.15, -0.1) is 23.1 Å². The van der Waals surface area contributed by atoms with Gasteiger partial charge in [0.1, 0.15) is 5.37 Å². The van der Waals surface area contributed by atoms with Gasteiger partial charge in [-0.3, -0.25) is 9.59 Å². The molecule has 2 rings (SSSR count). The van der Waals surface area contributed by atoms with E-state index in [9.17, 15) is 9.59 Å². The van der Waals surface area contributed by atoms with Crippen LogP contribution in [0, 0.1) is 12.8 Å². The average Bonchev–Trinajstić information content (AvgIpc) is 3.04. The number of thiophene rings is 1. The standard InChI is InChI=1S/C19H30N2O2S2/c1-12(2)11-16(22)20(13(3)4)8-9-21-18(23)15(6)25-19(21)17-14(5)7-10-24-17/h7,10,12-13,15,19H,8-9,11H2,1-6H3/t15-,19+/m1/s1. The van der Waals surface area contributed by atoms with Crippen molar-refractivity contribution in [3.8, 4) is 0 Å². The Kier molecular flexibility index (Phi) is 6.97. The highest BCUT2D eigenvalue weighted by atomic mass is 32.2. The number of rotatable bonds is 7. The molecule has 2 heterocycles. The zero-order valence-electron chi connectivity index (χ0n) is 16.1. The van der Waals surface area contributed by atoms with E-state index >= 15 is 0 Å². The number of hydrogen-bond acceptors (Lipinski definition) is 4. The highest BCUT2D eigenvalue weighted by Crippen LogP contribution is 2.45. The number of thioether (sulfide) groups is 1. The zero-order chi connectivity index (χ0) is 18.7. The summed E-state index contributed by atoms with van der Waals surface area (Å²) in [5.41, 5.74) is 1.24. The molecule has 2 atom stereocenters. The van der Waals surface area contributed by atoms with E-state index in [1.54, 1.807) is 23.1 Å². The Bertz CT molecular complexity index is 612. The van der Waals surface area contributed by atoms with E-state index in [0.717, 1.165) is 0 Å². The first kappa shape index (κ1) is 20.3. The molecule has 0 saturated carbocycles. The van der Waals surface area contributed by atoms with Crippen molar-refractivity contribution in [2.24, 2.45) is 5.92 Å². The maximum atomic E-state index is 12.7. The molecule has 140 valence electrons. The molecular formula is C19H30N2O2S2. The van der Waals surface area contributed by atoms with E-state index in [1.165, 1.54) is 10.4 Å². The molecule has 0 spiro atoms. The molecule has 4 nitrogen and oxygen atoms in total. The van der Waals surface area contributed by atoms with Crippen LogP contribution in [0.5, 0.6) is 0 Å². The van der Waals surface area contributed by atoms with Crippen molar-refractivity contribution in [2.45, 2.75) is 64.6 Å². The third-order valence-electron chi connectivity index (χ3n) is 4.48. The molecule has 0 aliphatic carbocycles. The van der Waals surface area contributed by atoms with E-state index in [1.807, 2.05) is 30.6 Å². The Labute approximate surface area is 160 Å². The molecule has 1 aromatic rings. The summed E-state index contributed by atoms with van der Waals surface area (Å²) < 4.78 is 0. The molecule has 0 radical (unpaired) electrons. The van der Waals surface area contributed by atoms with Crippen molar-refractivity contribution >= 4 is 34.9 Å². The predicted molar refractivity (Wildman–Crippen MR) is 107 cm³/mol. The fourth-order valence-electron chi connectivity index (χ4n) is 3.10. The topological polar surface area (TPSA) is 40.6 Å². The lowest BCUT2D eigenvalue weighted by molar-refractivity contribution is -0.136. The van der Waals surface area contributed by atoms with Crippen molar-refractivity contribution in [1.29, 1.82) is 0 Å². The molecule has 2 amide bonds. The molecule has 0 unspecified atom stereocenters. The van der Waals surface area contributed by atoms with Gasteiger partial charge in [0.25, 0.3) is 0 Å². The minimum absolute atomic E-state index is 0.0228. The Morgan fingerprint density at radius 3 is 2.52 bits per heavy atom. The van der Waals surface area contributed by atoms with Crippen molar-refractivity contribution in [2.75, 3.05) is 13.1 Å². The van der Waals surface area contributed by atoms with Crippen LogP contribution in [0.2, 0.25) is 0 Å². The first-order chi connectivity index (χ1) is 11.7. The molecule has 1 fully saturated rings. The highest BCUT2D eigenvalue weighted by molar-refractivity contribution is 8.01. The molecule has 0 bridgehead atoms. The van der Waals surface area contributed by atoms with E-state index in [4.69, 9.17) is 0 Å². The van der Waals surface area contributed by atoms with Crippen LogP contribution in [0.25, 0.3) is 0 Å². The average molecular weight is 383 g/mol. The van der Waals surface area contributed by atoms with Crippen molar-refractivity contribution in [3.05, 3.63) is 21.9 Å². The summed E-state index contributed by atoms with van der Waals surface area (Å²) in [5.74, 6) is 0.711. The molecule has 1 saturated heterocycles. The van der Waals surface area contributed by atoms with E-state index in [2.05, 4.69) is 32.2 Å². The van der Waals surface area contributed by atoms with Gasteiger partial charge in [0.15, 0.2) is 0 Å². The van der Waals surface area contributed by atoms with Crippen LogP contribution in [0.1, 0.15) is 56.9 Å².